The molecule has 1 aromatic heterocycles. The lowest BCUT2D eigenvalue weighted by atomic mass is 10.1. The van der Waals surface area contributed by atoms with Gasteiger partial charge in [-0.05, 0) is 29.8 Å². The molecule has 8 nitrogen and oxygen atoms in total. The summed E-state index contributed by atoms with van der Waals surface area (Å²) in [4.78, 5) is 20.4. The van der Waals surface area contributed by atoms with E-state index in [0.29, 0.717) is 18.3 Å². The molecule has 0 saturated carbocycles. The lowest BCUT2D eigenvalue weighted by molar-refractivity contribution is -0.137. The number of piperidine rings is 1. The zero-order valence-electron chi connectivity index (χ0n) is 16.9. The number of alkyl halides is 3. The molecule has 0 spiro atoms. The number of nitrogens with zero attached hydrogens (tertiary/aromatic N) is 3. The van der Waals surface area contributed by atoms with Crippen molar-refractivity contribution in [3.63, 3.8) is 0 Å². The highest BCUT2D eigenvalue weighted by Gasteiger charge is 2.33. The van der Waals surface area contributed by atoms with Gasteiger partial charge < -0.3 is 10.2 Å². The fourth-order valence-electron chi connectivity index (χ4n) is 2.99. The third-order valence-corrected chi connectivity index (χ3v) is 6.60. The van der Waals surface area contributed by atoms with Gasteiger partial charge in [-0.2, -0.15) is 17.5 Å². The van der Waals surface area contributed by atoms with Gasteiger partial charge >= 0.3 is 6.18 Å². The number of rotatable bonds is 7. The van der Waals surface area contributed by atoms with E-state index in [1.165, 1.54) is 0 Å². The average molecular weight is 470 g/mol. The minimum absolute atomic E-state index is 0.0496. The van der Waals surface area contributed by atoms with Crippen LogP contribution in [0.25, 0.3) is 0 Å². The van der Waals surface area contributed by atoms with Crippen molar-refractivity contribution in [1.29, 1.82) is 0 Å². The number of carbonyl (C=O) groups is 1. The Kier molecular flexibility index (Phi) is 7.46. The molecule has 12 heteroatoms. The third kappa shape index (κ3) is 6.26. The van der Waals surface area contributed by atoms with Gasteiger partial charge in [0.15, 0.2) is 6.61 Å². The van der Waals surface area contributed by atoms with Crippen molar-refractivity contribution < 1.29 is 31.2 Å². The predicted molar refractivity (Wildman–Crippen MR) is 109 cm³/mol. The number of amides is 1. The fourth-order valence-corrected chi connectivity index (χ4v) is 4.48. The number of sulfonamides is 1. The molecule has 172 valence electrons. The van der Waals surface area contributed by atoms with Crippen molar-refractivity contribution in [1.82, 2.24) is 14.6 Å². The number of benzene rings is 1. The van der Waals surface area contributed by atoms with Crippen LogP contribution in [0.3, 0.4) is 0 Å². The third-order valence-electron chi connectivity index (χ3n) is 4.70. The zero-order chi connectivity index (χ0) is 23.2. The molecule has 1 amide bonds. The van der Waals surface area contributed by atoms with Gasteiger partial charge in [0.05, 0.1) is 16.2 Å². The van der Waals surface area contributed by atoms with E-state index in [-0.39, 0.29) is 38.4 Å². The van der Waals surface area contributed by atoms with E-state index in [9.17, 15) is 26.4 Å². The maximum Gasteiger partial charge on any atom is 0.416 e. The molecule has 1 aromatic carbocycles. The summed E-state index contributed by atoms with van der Waals surface area (Å²) >= 11 is 0. The summed E-state index contributed by atoms with van der Waals surface area (Å²) in [6.07, 6.45) is -0.886. The van der Waals surface area contributed by atoms with E-state index >= 15 is 0 Å². The summed E-state index contributed by atoms with van der Waals surface area (Å²) in [5.41, 5.74) is 0.384. The van der Waals surface area contributed by atoms with Gasteiger partial charge in [-0.25, -0.2) is 8.42 Å². The molecule has 1 saturated heterocycles. The Morgan fingerprint density at radius 1 is 1.19 bits per heavy atom. The van der Waals surface area contributed by atoms with Crippen LogP contribution in [0.5, 0.6) is 0 Å². The Bertz CT molecular complexity index is 1070. The molecule has 0 aliphatic carbocycles. The fraction of sp³-hybridized carbons (Fsp3) is 0.350. The maximum absolute atomic E-state index is 12.9. The molecule has 1 aliphatic rings. The molecular weight excluding hydrogens is 449 g/mol. The quantitative estimate of drug-likeness (QED) is 0.627. The van der Waals surface area contributed by atoms with Gasteiger partial charge in [-0.15, -0.1) is 0 Å². The first-order chi connectivity index (χ1) is 15.2. The number of hydrogen-bond donors (Lipinski definition) is 1. The van der Waals surface area contributed by atoms with Gasteiger partial charge in [0.1, 0.15) is 0 Å². The Morgan fingerprint density at radius 2 is 1.94 bits per heavy atom. The van der Waals surface area contributed by atoms with E-state index in [0.717, 1.165) is 28.1 Å². The van der Waals surface area contributed by atoms with Gasteiger partial charge in [0.2, 0.25) is 10.0 Å². The summed E-state index contributed by atoms with van der Waals surface area (Å²) in [5, 5.41) is 6.54. The summed E-state index contributed by atoms with van der Waals surface area (Å²) in [6, 6.07) is 7.23. The predicted octanol–water partition coefficient (Wildman–Crippen LogP) is 2.57. The number of hydrogen-bond acceptors (Lipinski definition) is 6. The van der Waals surface area contributed by atoms with Crippen molar-refractivity contribution in [2.24, 2.45) is 5.16 Å². The van der Waals surface area contributed by atoms with E-state index in [1.807, 2.05) is 6.07 Å². The van der Waals surface area contributed by atoms with Crippen LogP contribution in [0.2, 0.25) is 0 Å². The second-order valence-corrected chi connectivity index (χ2v) is 8.94. The number of aromatic nitrogens is 1. The molecule has 32 heavy (non-hydrogen) atoms. The Morgan fingerprint density at radius 3 is 2.59 bits per heavy atom. The Labute approximate surface area is 183 Å². The largest absolute Gasteiger partial charge is 0.416 e. The summed E-state index contributed by atoms with van der Waals surface area (Å²) in [6.45, 7) is 0.104. The van der Waals surface area contributed by atoms with Gasteiger partial charge in [-0.3, -0.25) is 9.78 Å². The first-order valence-corrected chi connectivity index (χ1v) is 11.1. The van der Waals surface area contributed by atoms with Crippen LogP contribution in [0.15, 0.2) is 58.8 Å². The van der Waals surface area contributed by atoms with Gasteiger partial charge in [0.25, 0.3) is 5.91 Å². The van der Waals surface area contributed by atoms with Crippen molar-refractivity contribution >= 4 is 21.6 Å². The topological polar surface area (TPSA) is 101 Å². The molecule has 1 aliphatic heterocycles. The van der Waals surface area contributed by atoms with Crippen molar-refractivity contribution in [2.45, 2.75) is 30.5 Å². The highest BCUT2D eigenvalue weighted by molar-refractivity contribution is 7.89. The van der Waals surface area contributed by atoms with Crippen LogP contribution in [-0.2, 0) is 32.4 Å². The van der Waals surface area contributed by atoms with E-state index in [1.54, 1.807) is 18.5 Å². The molecule has 1 fully saturated rings. The van der Waals surface area contributed by atoms with E-state index < -0.39 is 26.7 Å². The highest BCUT2D eigenvalue weighted by atomic mass is 32.2. The standard InChI is InChI=1S/C20H21F3N4O4S/c21-20(22,23)16-4-1-5-18(11-16)32(29,30)27-9-6-17(7-10-27)26-31-14-19(28)25-13-15-3-2-8-24-12-15/h1-5,8,11-12H,6-7,9-10,13-14H2,(H,25,28). The van der Waals surface area contributed by atoms with Crippen LogP contribution in [0.1, 0.15) is 24.0 Å². The minimum atomic E-state index is -4.63. The molecule has 0 radical (unpaired) electrons. The maximum atomic E-state index is 12.9. The Hall–Kier alpha value is -2.99. The molecule has 0 atom stereocenters. The van der Waals surface area contributed by atoms with Crippen LogP contribution < -0.4 is 5.32 Å². The van der Waals surface area contributed by atoms with Gasteiger partial charge in [-0.1, -0.05) is 17.3 Å². The molecule has 1 N–H and O–H groups in total. The number of pyridine rings is 1. The molecule has 2 aromatic rings. The van der Waals surface area contributed by atoms with Crippen LogP contribution >= 0.6 is 0 Å². The summed E-state index contributed by atoms with van der Waals surface area (Å²) in [7, 11) is -4.07. The smallest absolute Gasteiger partial charge is 0.386 e. The zero-order valence-corrected chi connectivity index (χ0v) is 17.7. The van der Waals surface area contributed by atoms with Gasteiger partial charge in [0, 0.05) is 44.9 Å². The van der Waals surface area contributed by atoms with E-state index in [4.69, 9.17) is 4.84 Å². The van der Waals surface area contributed by atoms with E-state index in [2.05, 4.69) is 15.5 Å². The van der Waals surface area contributed by atoms with Crippen LogP contribution in [0.4, 0.5) is 13.2 Å². The SMILES string of the molecule is O=C(CON=C1CCN(S(=O)(=O)c2cccc(C(F)(F)F)c2)CC1)NCc1cccnc1. The first-order valence-electron chi connectivity index (χ1n) is 9.67. The highest BCUT2D eigenvalue weighted by Crippen LogP contribution is 2.31. The number of nitrogens with one attached hydrogen (secondary N) is 1. The van der Waals surface area contributed by atoms with Crippen LogP contribution in [-0.4, -0.2) is 49.0 Å². The molecular formula is C20H21F3N4O4S. The number of oxime groups is 1. The van der Waals surface area contributed by atoms with Crippen molar-refractivity contribution in [3.8, 4) is 0 Å². The first kappa shape index (κ1) is 23.7. The molecule has 3 rings (SSSR count). The van der Waals surface area contributed by atoms with Crippen molar-refractivity contribution in [2.75, 3.05) is 19.7 Å². The monoisotopic (exact) mass is 470 g/mol. The average Bonchev–Trinajstić information content (AvgIpc) is 2.78. The summed E-state index contributed by atoms with van der Waals surface area (Å²) in [5.74, 6) is -0.372. The lowest BCUT2D eigenvalue weighted by Crippen LogP contribution is -2.38. The summed E-state index contributed by atoms with van der Waals surface area (Å²) < 4.78 is 65.2. The second kappa shape index (κ2) is 10.1. The minimum Gasteiger partial charge on any atom is -0.386 e. The van der Waals surface area contributed by atoms with Crippen molar-refractivity contribution in [3.05, 3.63) is 59.9 Å². The van der Waals surface area contributed by atoms with Crippen LogP contribution in [0, 0.1) is 0 Å². The normalized spacial score (nSPS) is 15.3. The molecule has 0 unspecified atom stereocenters. The molecule has 2 heterocycles. The lowest BCUT2D eigenvalue weighted by Gasteiger charge is -2.26. The number of halogens is 3. The molecule has 0 bridgehead atoms. The second-order valence-electron chi connectivity index (χ2n) is 7.00. The Balaban J connectivity index is 1.49. The number of carbonyl (C=O) groups excluding carboxylic acids is 1.